The number of rotatable bonds is 7. The predicted molar refractivity (Wildman–Crippen MR) is 125 cm³/mol. The Labute approximate surface area is 194 Å². The minimum Gasteiger partial charge on any atom is -0.379 e. The number of aryl methyl sites for hydroxylation is 1. The largest absolute Gasteiger partial charge is 0.379 e. The fourth-order valence-electron chi connectivity index (χ4n) is 4.24. The summed E-state index contributed by atoms with van der Waals surface area (Å²) in [6, 6.07) is 11.8. The van der Waals surface area contributed by atoms with Gasteiger partial charge in [0, 0.05) is 44.1 Å². The number of carbonyl (C=O) groups excluding carboxylic acids is 1. The summed E-state index contributed by atoms with van der Waals surface area (Å²) in [4.78, 5) is 16.2. The van der Waals surface area contributed by atoms with E-state index in [1.54, 1.807) is 6.07 Å². The lowest BCUT2D eigenvalue weighted by Crippen LogP contribution is -2.45. The molecule has 2 aromatic rings. The van der Waals surface area contributed by atoms with Crippen LogP contribution in [0.5, 0.6) is 0 Å². The Hall–Kier alpha value is -1.78. The molecule has 9 heteroatoms. The van der Waals surface area contributed by atoms with Crippen LogP contribution in [0, 0.1) is 12.8 Å². The second-order valence-corrected chi connectivity index (χ2v) is 11.9. The van der Waals surface area contributed by atoms with Gasteiger partial charge in [0.1, 0.15) is 4.21 Å². The Morgan fingerprint density at radius 3 is 2.69 bits per heavy atom. The van der Waals surface area contributed by atoms with Crippen molar-refractivity contribution in [1.82, 2.24) is 14.5 Å². The highest BCUT2D eigenvalue weighted by Gasteiger charge is 2.33. The maximum atomic E-state index is 12.9. The lowest BCUT2D eigenvalue weighted by molar-refractivity contribution is -0.126. The van der Waals surface area contributed by atoms with Crippen LogP contribution in [0.15, 0.2) is 40.6 Å². The first-order chi connectivity index (χ1) is 15.4. The van der Waals surface area contributed by atoms with E-state index in [0.29, 0.717) is 30.1 Å². The monoisotopic (exact) mass is 477 g/mol. The summed E-state index contributed by atoms with van der Waals surface area (Å²) >= 11 is 1.28. The van der Waals surface area contributed by atoms with Crippen molar-refractivity contribution in [1.29, 1.82) is 0 Å². The molecule has 1 unspecified atom stereocenters. The number of benzene rings is 1. The number of ether oxygens (including phenoxy) is 1. The maximum Gasteiger partial charge on any atom is 0.252 e. The molecule has 1 atom stereocenters. The van der Waals surface area contributed by atoms with Gasteiger partial charge in [-0.25, -0.2) is 8.42 Å². The zero-order chi connectivity index (χ0) is 22.6. The molecule has 2 aliphatic heterocycles. The van der Waals surface area contributed by atoms with E-state index >= 15 is 0 Å². The van der Waals surface area contributed by atoms with Crippen molar-refractivity contribution in [3.05, 3.63) is 52.4 Å². The number of amides is 1. The van der Waals surface area contributed by atoms with Crippen LogP contribution >= 0.6 is 11.3 Å². The molecule has 3 heterocycles. The van der Waals surface area contributed by atoms with E-state index in [-0.39, 0.29) is 18.4 Å². The molecule has 2 saturated heterocycles. The molecule has 1 amide bonds. The van der Waals surface area contributed by atoms with Crippen LogP contribution in [0.25, 0.3) is 0 Å². The summed E-state index contributed by atoms with van der Waals surface area (Å²) in [6.45, 7) is 7.35. The highest BCUT2D eigenvalue weighted by molar-refractivity contribution is 7.91. The Morgan fingerprint density at radius 1 is 1.16 bits per heavy atom. The molecule has 0 radical (unpaired) electrons. The number of morpholine rings is 1. The number of hydrogen-bond donors (Lipinski definition) is 1. The quantitative estimate of drug-likeness (QED) is 0.663. The van der Waals surface area contributed by atoms with Crippen LogP contribution in [0.4, 0.5) is 0 Å². The average molecular weight is 478 g/mol. The number of nitrogens with one attached hydrogen (secondary N) is 1. The molecule has 0 spiro atoms. The number of piperidine rings is 1. The van der Waals surface area contributed by atoms with E-state index in [2.05, 4.69) is 22.3 Å². The standard InChI is InChI=1S/C23H31N3O4S2/c1-18-7-8-22(31-18)32(28,29)26-9-3-6-21(17-26)23(27)24-15-19-4-2-5-20(14-19)16-25-10-12-30-13-11-25/h2,4-5,7-8,14,21H,3,6,9-13,15-17H2,1H3,(H,24,27). The maximum absolute atomic E-state index is 12.9. The fraction of sp³-hybridized carbons (Fsp3) is 0.522. The Kier molecular flexibility index (Phi) is 7.63. The lowest BCUT2D eigenvalue weighted by atomic mass is 9.98. The average Bonchev–Trinajstić information content (AvgIpc) is 3.26. The lowest BCUT2D eigenvalue weighted by Gasteiger charge is -2.30. The van der Waals surface area contributed by atoms with Crippen molar-refractivity contribution in [2.24, 2.45) is 5.92 Å². The number of hydrogen-bond acceptors (Lipinski definition) is 6. The van der Waals surface area contributed by atoms with Crippen LogP contribution in [0.2, 0.25) is 0 Å². The van der Waals surface area contributed by atoms with Crippen LogP contribution in [-0.4, -0.2) is 62.9 Å². The molecule has 1 aromatic heterocycles. The van der Waals surface area contributed by atoms with Crippen molar-refractivity contribution in [3.63, 3.8) is 0 Å². The van der Waals surface area contributed by atoms with Crippen LogP contribution in [-0.2, 0) is 32.6 Å². The molecule has 1 aromatic carbocycles. The van der Waals surface area contributed by atoms with E-state index in [1.807, 2.05) is 25.1 Å². The summed E-state index contributed by atoms with van der Waals surface area (Å²) in [5, 5.41) is 3.02. The number of carbonyl (C=O) groups is 1. The fourth-order valence-corrected chi connectivity index (χ4v) is 7.20. The van der Waals surface area contributed by atoms with E-state index < -0.39 is 10.0 Å². The normalized spacial score (nSPS) is 20.8. The van der Waals surface area contributed by atoms with Gasteiger partial charge in [0.2, 0.25) is 5.91 Å². The summed E-state index contributed by atoms with van der Waals surface area (Å²) in [7, 11) is -3.54. The van der Waals surface area contributed by atoms with E-state index in [0.717, 1.165) is 43.3 Å². The molecule has 0 aliphatic carbocycles. The first kappa shape index (κ1) is 23.4. The van der Waals surface area contributed by atoms with E-state index in [9.17, 15) is 13.2 Å². The van der Waals surface area contributed by atoms with Gasteiger partial charge in [0.25, 0.3) is 10.0 Å². The van der Waals surface area contributed by atoms with Crippen molar-refractivity contribution < 1.29 is 17.9 Å². The van der Waals surface area contributed by atoms with Gasteiger partial charge in [-0.05, 0) is 43.0 Å². The third-order valence-corrected chi connectivity index (χ3v) is 9.37. The van der Waals surface area contributed by atoms with Gasteiger partial charge < -0.3 is 10.1 Å². The molecule has 0 saturated carbocycles. The third-order valence-electron chi connectivity index (χ3n) is 6.03. The van der Waals surface area contributed by atoms with Gasteiger partial charge in [-0.2, -0.15) is 4.31 Å². The van der Waals surface area contributed by atoms with E-state index in [4.69, 9.17) is 4.74 Å². The SMILES string of the molecule is Cc1ccc(S(=O)(=O)N2CCCC(C(=O)NCc3cccc(CN4CCOCC4)c3)C2)s1. The number of nitrogens with zero attached hydrogens (tertiary/aromatic N) is 2. The summed E-state index contributed by atoms with van der Waals surface area (Å²) < 4.78 is 33.1. The summed E-state index contributed by atoms with van der Waals surface area (Å²) in [6.07, 6.45) is 1.40. The van der Waals surface area contributed by atoms with Crippen molar-refractivity contribution >= 4 is 27.3 Å². The molecular formula is C23H31N3O4S2. The Morgan fingerprint density at radius 2 is 1.94 bits per heavy atom. The molecule has 32 heavy (non-hydrogen) atoms. The first-order valence-corrected chi connectivity index (χ1v) is 13.4. The zero-order valence-corrected chi connectivity index (χ0v) is 20.1. The van der Waals surface area contributed by atoms with Gasteiger partial charge in [0.05, 0.1) is 19.1 Å². The third kappa shape index (κ3) is 5.77. The van der Waals surface area contributed by atoms with Gasteiger partial charge in [-0.15, -0.1) is 11.3 Å². The molecule has 7 nitrogen and oxygen atoms in total. The second-order valence-electron chi connectivity index (χ2n) is 8.49. The second kappa shape index (κ2) is 10.4. The number of thiophene rings is 1. The van der Waals surface area contributed by atoms with Gasteiger partial charge in [-0.3, -0.25) is 9.69 Å². The van der Waals surface area contributed by atoms with Gasteiger partial charge in [0.15, 0.2) is 0 Å². The molecule has 0 bridgehead atoms. The predicted octanol–water partition coefficient (Wildman–Crippen LogP) is 2.61. The topological polar surface area (TPSA) is 79.0 Å². The summed E-state index contributed by atoms with van der Waals surface area (Å²) in [5.74, 6) is -0.401. The van der Waals surface area contributed by atoms with Gasteiger partial charge >= 0.3 is 0 Å². The smallest absolute Gasteiger partial charge is 0.252 e. The van der Waals surface area contributed by atoms with Crippen molar-refractivity contribution in [3.8, 4) is 0 Å². The van der Waals surface area contributed by atoms with Crippen LogP contribution < -0.4 is 5.32 Å². The van der Waals surface area contributed by atoms with Crippen LogP contribution in [0.3, 0.4) is 0 Å². The molecule has 4 rings (SSSR count). The molecule has 174 valence electrons. The zero-order valence-electron chi connectivity index (χ0n) is 18.5. The first-order valence-electron chi connectivity index (χ1n) is 11.1. The molecular weight excluding hydrogens is 446 g/mol. The minimum atomic E-state index is -3.54. The van der Waals surface area contributed by atoms with E-state index in [1.165, 1.54) is 21.2 Å². The molecule has 1 N–H and O–H groups in total. The number of sulfonamides is 1. The van der Waals surface area contributed by atoms with Crippen LogP contribution in [0.1, 0.15) is 28.8 Å². The highest BCUT2D eigenvalue weighted by atomic mass is 32.2. The summed E-state index contributed by atoms with van der Waals surface area (Å²) in [5.41, 5.74) is 2.28. The van der Waals surface area contributed by atoms with Crippen molar-refractivity contribution in [2.75, 3.05) is 39.4 Å². The minimum absolute atomic E-state index is 0.0779. The Balaban J connectivity index is 1.32. The van der Waals surface area contributed by atoms with Crippen molar-refractivity contribution in [2.45, 2.75) is 37.1 Å². The van der Waals surface area contributed by atoms with Gasteiger partial charge in [-0.1, -0.05) is 24.3 Å². The molecule has 2 fully saturated rings. The highest BCUT2D eigenvalue weighted by Crippen LogP contribution is 2.28. The molecule has 2 aliphatic rings. The Bertz CT molecular complexity index is 1030.